The predicted molar refractivity (Wildman–Crippen MR) is 143 cm³/mol. The smallest absolute Gasteiger partial charge is 0.508 e. The molecule has 0 radical (unpaired) electrons. The van der Waals surface area contributed by atoms with Crippen LogP contribution in [-0.2, 0) is 37.0 Å². The van der Waals surface area contributed by atoms with Gasteiger partial charge in [-0.25, -0.2) is 0 Å². The third-order valence-corrected chi connectivity index (χ3v) is 5.24. The number of hydrogen-bond acceptors (Lipinski definition) is 2. The van der Waals surface area contributed by atoms with Gasteiger partial charge in [-0.2, -0.15) is 0 Å². The fourth-order valence-corrected chi connectivity index (χ4v) is 4.68. The van der Waals surface area contributed by atoms with E-state index in [4.69, 9.17) is 0 Å². The van der Waals surface area contributed by atoms with Gasteiger partial charge in [0.1, 0.15) is 11.5 Å². The summed E-state index contributed by atoms with van der Waals surface area (Å²) in [5, 5.41) is 18.5. The number of aromatic hydroxyl groups is 2. The number of benzene rings is 2. The van der Waals surface area contributed by atoms with Crippen molar-refractivity contribution < 1.29 is 36.4 Å². The first-order valence-corrected chi connectivity index (χ1v) is 11.0. The van der Waals surface area contributed by atoms with Crippen LogP contribution >= 0.6 is 0 Å². The van der Waals surface area contributed by atoms with Crippen LogP contribution in [0.25, 0.3) is 0 Å². The molecule has 0 unspecified atom stereocenters. The van der Waals surface area contributed by atoms with Gasteiger partial charge in [0, 0.05) is 0 Å². The first-order valence-electron chi connectivity index (χ1n) is 11.0. The number of hydrogen-bond donors (Lipinski definition) is 2. The molecule has 3 heteroatoms. The van der Waals surface area contributed by atoms with Gasteiger partial charge in [0.2, 0.25) is 0 Å². The van der Waals surface area contributed by atoms with E-state index in [1.807, 2.05) is 24.3 Å². The second-order valence-corrected chi connectivity index (χ2v) is 12.3. The molecule has 0 saturated carbocycles. The Morgan fingerprint density at radius 3 is 0.879 bits per heavy atom. The molecule has 33 heavy (non-hydrogen) atoms. The molecule has 0 aliphatic heterocycles. The summed E-state index contributed by atoms with van der Waals surface area (Å²) in [4.78, 5) is 0. The molecule has 2 N–H and O–H groups in total. The molecule has 0 bridgehead atoms. The van der Waals surface area contributed by atoms with E-state index in [9.17, 15) is 10.2 Å². The summed E-state index contributed by atoms with van der Waals surface area (Å²) < 4.78 is 0. The van der Waals surface area contributed by atoms with Gasteiger partial charge in [-0.1, -0.05) is 93.5 Å². The van der Waals surface area contributed by atoms with E-state index in [-0.39, 0.29) is 51.9 Å². The first kappa shape index (κ1) is 36.5. The van der Waals surface area contributed by atoms with Crippen LogP contribution in [0, 0.1) is 25.7 Å². The van der Waals surface area contributed by atoms with Crippen LogP contribution in [-0.4, -0.2) is 10.2 Å². The minimum absolute atomic E-state index is 0. The third-order valence-electron chi connectivity index (χ3n) is 5.24. The van der Waals surface area contributed by atoms with Gasteiger partial charge >= 0.3 is 26.2 Å². The van der Waals surface area contributed by atoms with Gasteiger partial charge < -0.3 is 25.1 Å². The molecular formula is C30H50O2Zr. The van der Waals surface area contributed by atoms with Crippen molar-refractivity contribution in [2.45, 2.75) is 92.9 Å². The maximum Gasteiger partial charge on any atom is 2.00 e. The molecule has 0 fully saturated rings. The quantitative estimate of drug-likeness (QED) is 0.385. The maximum absolute atomic E-state index is 9.25. The summed E-state index contributed by atoms with van der Waals surface area (Å²) in [7, 11) is 0. The zero-order valence-electron chi connectivity index (χ0n) is 23.4. The van der Waals surface area contributed by atoms with Crippen LogP contribution in [0.5, 0.6) is 11.5 Å². The molecule has 0 aliphatic carbocycles. The van der Waals surface area contributed by atoms with Gasteiger partial charge in [0.05, 0.1) is 0 Å². The first-order chi connectivity index (χ1) is 13.4. The molecule has 0 heterocycles. The molecule has 2 rings (SSSR count). The molecule has 2 aromatic carbocycles. The number of phenolic OH excluding ortho intramolecular Hbond substituents is 2. The molecule has 0 amide bonds. The Bertz CT molecular complexity index is 705. The zero-order valence-corrected chi connectivity index (χ0v) is 25.9. The van der Waals surface area contributed by atoms with Crippen molar-refractivity contribution in [1.29, 1.82) is 0 Å². The Morgan fingerprint density at radius 2 is 0.697 bits per heavy atom. The fraction of sp³-hybridized carbons (Fsp3) is 0.533. The van der Waals surface area contributed by atoms with Crippen LogP contribution < -0.4 is 0 Å². The Morgan fingerprint density at radius 1 is 0.485 bits per heavy atom. The van der Waals surface area contributed by atoms with Crippen molar-refractivity contribution in [2.75, 3.05) is 0 Å². The molecule has 186 valence electrons. The minimum Gasteiger partial charge on any atom is -0.508 e. The van der Waals surface area contributed by atoms with E-state index >= 15 is 0 Å². The van der Waals surface area contributed by atoms with E-state index in [1.165, 1.54) is 11.1 Å². The van der Waals surface area contributed by atoms with Gasteiger partial charge in [0.15, 0.2) is 0 Å². The Labute approximate surface area is 225 Å². The Kier molecular flexibility index (Phi) is 15.2. The maximum atomic E-state index is 9.25. The molecule has 0 atom stereocenters. The topological polar surface area (TPSA) is 40.5 Å². The molecular weight excluding hydrogens is 484 g/mol. The Hall–Kier alpha value is -1.08. The molecule has 2 aromatic rings. The number of rotatable bonds is 4. The minimum atomic E-state index is 0. The second kappa shape index (κ2) is 13.7. The summed E-state index contributed by atoms with van der Waals surface area (Å²) in [6.45, 7) is 22.6. The van der Waals surface area contributed by atoms with Gasteiger partial charge in [-0.3, -0.25) is 0 Å². The zero-order chi connectivity index (χ0) is 23.4. The van der Waals surface area contributed by atoms with Gasteiger partial charge in [0.25, 0.3) is 0 Å². The van der Waals surface area contributed by atoms with Crippen LogP contribution in [0.4, 0.5) is 0 Å². The monoisotopic (exact) mass is 532 g/mol. The summed E-state index contributed by atoms with van der Waals surface area (Å²) in [5.41, 5.74) is 3.53. The van der Waals surface area contributed by atoms with Crippen molar-refractivity contribution in [3.8, 4) is 11.5 Å². The van der Waals surface area contributed by atoms with Crippen molar-refractivity contribution >= 4 is 0 Å². The van der Waals surface area contributed by atoms with Crippen molar-refractivity contribution in [2.24, 2.45) is 10.8 Å². The molecule has 0 saturated heterocycles. The van der Waals surface area contributed by atoms with E-state index in [0.29, 0.717) is 22.3 Å². The predicted octanol–water partition coefficient (Wildman–Crippen LogP) is 9.11. The van der Waals surface area contributed by atoms with Crippen molar-refractivity contribution in [3.63, 3.8) is 0 Å². The summed E-state index contributed by atoms with van der Waals surface area (Å²) in [6, 6.07) is 15.1. The standard InChI is InChI=1S/2C14H22O.2CH3.Zr/c2*1-13(2,3)10-14(4,5)11-6-8-12(15)9-7-11;;;/h2*6-9,15H,10H2,1-5H3;2*1H3;/q;;2*-1;+2. The SMILES string of the molecule is CC(C)(C)CC(C)(C)c1ccc(O)cc1.CC(C)(C)CC(C)(C)c1ccc(O)cc1.[CH3-].[CH3-].[Zr+2]. The largest absolute Gasteiger partial charge is 2.00 e. The van der Waals surface area contributed by atoms with Crippen LogP contribution in [0.15, 0.2) is 48.5 Å². The third kappa shape index (κ3) is 14.0. The van der Waals surface area contributed by atoms with Gasteiger partial charge in [-0.15, -0.1) is 0 Å². The summed E-state index contributed by atoms with van der Waals surface area (Å²) >= 11 is 0. The van der Waals surface area contributed by atoms with E-state index in [0.717, 1.165) is 12.8 Å². The van der Waals surface area contributed by atoms with Crippen LogP contribution in [0.3, 0.4) is 0 Å². The van der Waals surface area contributed by atoms with E-state index < -0.39 is 0 Å². The average molecular weight is 534 g/mol. The van der Waals surface area contributed by atoms with Crippen molar-refractivity contribution in [1.82, 2.24) is 0 Å². The Balaban J connectivity index is -0.000000500. The van der Waals surface area contributed by atoms with E-state index in [1.54, 1.807) is 24.3 Å². The van der Waals surface area contributed by atoms with Crippen LogP contribution in [0.1, 0.15) is 93.2 Å². The second-order valence-electron chi connectivity index (χ2n) is 12.3. The fourth-order valence-electron chi connectivity index (χ4n) is 4.68. The van der Waals surface area contributed by atoms with E-state index in [2.05, 4.69) is 69.2 Å². The molecule has 2 nitrogen and oxygen atoms in total. The summed E-state index contributed by atoms with van der Waals surface area (Å²) in [6.07, 6.45) is 2.26. The average Bonchev–Trinajstić information content (AvgIpc) is 2.52. The molecule has 0 aromatic heterocycles. The molecule has 0 aliphatic rings. The van der Waals surface area contributed by atoms with Crippen molar-refractivity contribution in [3.05, 3.63) is 74.5 Å². The normalized spacial score (nSPS) is 11.7. The molecule has 0 spiro atoms. The van der Waals surface area contributed by atoms with Gasteiger partial charge in [-0.05, 0) is 69.9 Å². The number of phenols is 2. The summed E-state index contributed by atoms with van der Waals surface area (Å²) in [5.74, 6) is 0.676. The van der Waals surface area contributed by atoms with Crippen LogP contribution in [0.2, 0.25) is 0 Å².